The van der Waals surface area contributed by atoms with Crippen LogP contribution in [0.15, 0.2) is 38.5 Å². The minimum atomic E-state index is -3.59. The predicted molar refractivity (Wildman–Crippen MR) is 89.3 cm³/mol. The second kappa shape index (κ2) is 7.35. The Hall–Kier alpha value is -0.960. The Morgan fingerprint density at radius 2 is 2.24 bits per heavy atom. The van der Waals surface area contributed by atoms with Crippen molar-refractivity contribution in [1.29, 1.82) is 0 Å². The minimum absolute atomic E-state index is 0.157. The number of rotatable bonds is 7. The van der Waals surface area contributed by atoms with E-state index in [0.29, 0.717) is 29.8 Å². The third-order valence-electron chi connectivity index (χ3n) is 2.74. The van der Waals surface area contributed by atoms with Gasteiger partial charge in [0.25, 0.3) is 0 Å². The summed E-state index contributed by atoms with van der Waals surface area (Å²) < 4.78 is 28.0. The number of hydrogen-bond acceptors (Lipinski definition) is 5. The van der Waals surface area contributed by atoms with Crippen LogP contribution in [0.1, 0.15) is 12.5 Å². The van der Waals surface area contributed by atoms with Gasteiger partial charge in [0, 0.05) is 23.8 Å². The van der Waals surface area contributed by atoms with Gasteiger partial charge in [0.1, 0.15) is 10.7 Å². The summed E-state index contributed by atoms with van der Waals surface area (Å²) >= 11 is 4.86. The van der Waals surface area contributed by atoms with Crippen molar-refractivity contribution in [1.82, 2.24) is 9.71 Å². The van der Waals surface area contributed by atoms with Crippen LogP contribution >= 0.6 is 27.3 Å². The molecule has 5 nitrogen and oxygen atoms in total. The van der Waals surface area contributed by atoms with E-state index in [-0.39, 0.29) is 4.90 Å². The van der Waals surface area contributed by atoms with Crippen LogP contribution in [0.4, 0.5) is 5.82 Å². The molecule has 0 saturated carbocycles. The molecule has 0 radical (unpaired) electrons. The Kier molecular flexibility index (Phi) is 5.74. The summed E-state index contributed by atoms with van der Waals surface area (Å²) in [6, 6.07) is 3.54. The molecular formula is C13H16BrN3O2S2. The maximum Gasteiger partial charge on any atom is 0.244 e. The van der Waals surface area contributed by atoms with E-state index >= 15 is 0 Å². The first-order chi connectivity index (χ1) is 10.0. The van der Waals surface area contributed by atoms with Gasteiger partial charge in [0.2, 0.25) is 10.0 Å². The molecule has 0 aliphatic heterocycles. The van der Waals surface area contributed by atoms with Crippen molar-refractivity contribution in [3.63, 3.8) is 0 Å². The zero-order chi connectivity index (χ0) is 15.3. The Morgan fingerprint density at radius 1 is 1.43 bits per heavy atom. The van der Waals surface area contributed by atoms with Crippen LogP contribution in [0.3, 0.4) is 0 Å². The largest absolute Gasteiger partial charge is 0.369 e. The summed E-state index contributed by atoms with van der Waals surface area (Å²) in [5.74, 6) is 0.365. The average Bonchev–Trinajstić information content (AvgIpc) is 2.94. The van der Waals surface area contributed by atoms with Crippen LogP contribution < -0.4 is 10.0 Å². The van der Waals surface area contributed by atoms with Gasteiger partial charge in [-0.3, -0.25) is 0 Å². The van der Waals surface area contributed by atoms with Crippen LogP contribution in [0.2, 0.25) is 0 Å². The first-order valence-corrected chi connectivity index (χ1v) is 9.65. The molecule has 21 heavy (non-hydrogen) atoms. The van der Waals surface area contributed by atoms with Crippen molar-refractivity contribution in [3.8, 4) is 0 Å². The summed E-state index contributed by atoms with van der Waals surface area (Å²) in [6.07, 6.45) is 2.24. The molecule has 0 aliphatic rings. The van der Waals surface area contributed by atoms with Gasteiger partial charge in [0.15, 0.2) is 0 Å². The van der Waals surface area contributed by atoms with E-state index < -0.39 is 10.0 Å². The van der Waals surface area contributed by atoms with E-state index in [1.807, 2.05) is 23.8 Å². The van der Waals surface area contributed by atoms with Crippen molar-refractivity contribution in [3.05, 3.63) is 39.1 Å². The van der Waals surface area contributed by atoms with Crippen molar-refractivity contribution in [2.45, 2.75) is 18.2 Å². The number of pyridine rings is 1. The van der Waals surface area contributed by atoms with Gasteiger partial charge >= 0.3 is 0 Å². The topological polar surface area (TPSA) is 71.1 Å². The summed E-state index contributed by atoms with van der Waals surface area (Å²) in [5.41, 5.74) is 1.13. The van der Waals surface area contributed by atoms with E-state index in [0.717, 1.165) is 5.56 Å². The third-order valence-corrected chi connectivity index (χ3v) is 5.38. The first kappa shape index (κ1) is 16.4. The number of halogens is 1. The molecule has 0 spiro atoms. The highest BCUT2D eigenvalue weighted by molar-refractivity contribution is 9.10. The first-order valence-electron chi connectivity index (χ1n) is 6.43. The number of sulfonamides is 1. The Balaban J connectivity index is 2.12. The summed E-state index contributed by atoms with van der Waals surface area (Å²) in [4.78, 5) is 4.27. The highest BCUT2D eigenvalue weighted by atomic mass is 79.9. The van der Waals surface area contributed by atoms with Crippen LogP contribution in [0, 0.1) is 0 Å². The van der Waals surface area contributed by atoms with Crippen LogP contribution in [0.5, 0.6) is 0 Å². The fourth-order valence-corrected chi connectivity index (χ4v) is 4.14. The van der Waals surface area contributed by atoms with Gasteiger partial charge in [-0.05, 0) is 57.7 Å². The lowest BCUT2D eigenvalue weighted by Crippen LogP contribution is -2.27. The van der Waals surface area contributed by atoms with Crippen molar-refractivity contribution < 1.29 is 8.42 Å². The normalized spacial score (nSPS) is 11.5. The maximum absolute atomic E-state index is 12.4. The zero-order valence-corrected chi connectivity index (χ0v) is 14.7. The summed E-state index contributed by atoms with van der Waals surface area (Å²) in [6.45, 7) is 2.85. The molecule has 2 rings (SSSR count). The molecule has 2 N–H and O–H groups in total. The third kappa shape index (κ3) is 4.50. The van der Waals surface area contributed by atoms with E-state index in [1.165, 1.54) is 0 Å². The molecule has 0 aromatic carbocycles. The lowest BCUT2D eigenvalue weighted by molar-refractivity contribution is 0.581. The van der Waals surface area contributed by atoms with E-state index in [4.69, 9.17) is 0 Å². The molecule has 2 aromatic rings. The Bertz CT molecular complexity index is 687. The lowest BCUT2D eigenvalue weighted by atomic mass is 10.2. The summed E-state index contributed by atoms with van der Waals surface area (Å²) in [7, 11) is -3.59. The number of hydrogen-bond donors (Lipinski definition) is 2. The molecule has 2 aromatic heterocycles. The maximum atomic E-state index is 12.4. The fraction of sp³-hybridized carbons (Fsp3) is 0.308. The quantitative estimate of drug-likeness (QED) is 0.763. The van der Waals surface area contributed by atoms with E-state index in [1.54, 1.807) is 23.6 Å². The monoisotopic (exact) mass is 389 g/mol. The molecule has 0 atom stereocenters. The minimum Gasteiger partial charge on any atom is -0.369 e. The van der Waals surface area contributed by atoms with Crippen molar-refractivity contribution in [2.24, 2.45) is 0 Å². The van der Waals surface area contributed by atoms with Gasteiger partial charge in [-0.1, -0.05) is 0 Å². The van der Waals surface area contributed by atoms with Crippen LogP contribution in [-0.2, 0) is 16.4 Å². The van der Waals surface area contributed by atoms with Crippen LogP contribution in [0.25, 0.3) is 0 Å². The number of nitrogens with one attached hydrogen (secondary N) is 2. The molecular weight excluding hydrogens is 374 g/mol. The van der Waals surface area contributed by atoms with E-state index in [2.05, 4.69) is 31.0 Å². The molecule has 0 amide bonds. The highest BCUT2D eigenvalue weighted by Gasteiger charge is 2.19. The highest BCUT2D eigenvalue weighted by Crippen LogP contribution is 2.22. The number of thiophene rings is 1. The smallest absolute Gasteiger partial charge is 0.244 e. The number of nitrogens with zero attached hydrogens (tertiary/aromatic N) is 1. The predicted octanol–water partition coefficient (Wildman–Crippen LogP) is 2.86. The molecule has 0 unspecified atom stereocenters. The number of anilines is 1. The Labute approximate surface area is 137 Å². The molecule has 114 valence electrons. The SMILES string of the molecule is CCNc1ncc(Br)cc1S(=O)(=O)NCCc1ccsc1. The summed E-state index contributed by atoms with van der Waals surface area (Å²) in [5, 5.41) is 6.95. The lowest BCUT2D eigenvalue weighted by Gasteiger charge is -2.11. The van der Waals surface area contributed by atoms with Gasteiger partial charge in [-0.2, -0.15) is 11.3 Å². The molecule has 2 heterocycles. The number of aromatic nitrogens is 1. The van der Waals surface area contributed by atoms with Crippen molar-refractivity contribution >= 4 is 43.1 Å². The van der Waals surface area contributed by atoms with Gasteiger partial charge < -0.3 is 5.32 Å². The second-order valence-corrected chi connectivity index (χ2v) is 7.74. The molecule has 0 bridgehead atoms. The van der Waals surface area contributed by atoms with Crippen LogP contribution in [-0.4, -0.2) is 26.5 Å². The molecule has 0 aliphatic carbocycles. The second-order valence-electron chi connectivity index (χ2n) is 4.31. The fourth-order valence-electron chi connectivity index (χ4n) is 1.77. The Morgan fingerprint density at radius 3 is 2.90 bits per heavy atom. The van der Waals surface area contributed by atoms with Crippen molar-refractivity contribution in [2.75, 3.05) is 18.4 Å². The average molecular weight is 390 g/mol. The zero-order valence-electron chi connectivity index (χ0n) is 11.5. The van der Waals surface area contributed by atoms with Gasteiger partial charge in [-0.15, -0.1) is 0 Å². The molecule has 8 heteroatoms. The van der Waals surface area contributed by atoms with Gasteiger partial charge in [-0.25, -0.2) is 18.1 Å². The van der Waals surface area contributed by atoms with Gasteiger partial charge in [0.05, 0.1) is 0 Å². The molecule has 0 saturated heterocycles. The standard InChI is InChI=1S/C13H16BrN3O2S2/c1-2-15-13-12(7-11(14)8-16-13)21(18,19)17-5-3-10-4-6-20-9-10/h4,6-9,17H,2-3,5H2,1H3,(H,15,16). The van der Waals surface area contributed by atoms with E-state index in [9.17, 15) is 8.42 Å². The molecule has 0 fully saturated rings.